The molecule has 282 valence electrons. The summed E-state index contributed by atoms with van der Waals surface area (Å²) in [5.41, 5.74) is 23.2. The van der Waals surface area contributed by atoms with E-state index in [1.54, 1.807) is 12.1 Å². The molecular weight excluding hydrogens is 682 g/mol. The smallest absolute Gasteiger partial charge is 0.243 e. The average Bonchev–Trinajstić information content (AvgIpc) is 3.12. The molecule has 17 nitrogen and oxygen atoms in total. The Morgan fingerprint density at radius 2 is 1.09 bits per heavy atom. The second-order valence-electron chi connectivity index (χ2n) is 12.7. The molecule has 14 N–H and O–H groups in total. The minimum Gasteiger partial charge on any atom is -0.508 e. The van der Waals surface area contributed by atoms with Gasteiger partial charge in [-0.15, -0.1) is 0 Å². The van der Waals surface area contributed by atoms with Crippen LogP contribution in [0, 0.1) is 0 Å². The molecule has 4 rings (SSSR count). The fourth-order valence-corrected chi connectivity index (χ4v) is 5.79. The number of benzene rings is 3. The van der Waals surface area contributed by atoms with Crippen molar-refractivity contribution in [2.24, 2.45) is 32.9 Å². The number of nitrogens with one attached hydrogen (secondary N) is 5. The molecule has 1 saturated heterocycles. The number of aliphatic imine (C=N–C) groups is 2. The second kappa shape index (κ2) is 19.3. The molecule has 0 bridgehead atoms. The highest BCUT2D eigenvalue weighted by Crippen LogP contribution is 2.17. The van der Waals surface area contributed by atoms with Crippen LogP contribution < -0.4 is 49.5 Å². The number of fused-ring (bicyclic) bond motifs is 1. The van der Waals surface area contributed by atoms with E-state index in [4.69, 9.17) is 22.9 Å². The number of carbonyl (C=O) groups excluding carboxylic acids is 5. The van der Waals surface area contributed by atoms with E-state index in [0.29, 0.717) is 12.0 Å². The van der Waals surface area contributed by atoms with Gasteiger partial charge in [-0.1, -0.05) is 54.6 Å². The number of hydrogen-bond acceptors (Lipinski definition) is 8. The van der Waals surface area contributed by atoms with Crippen molar-refractivity contribution in [1.29, 1.82) is 0 Å². The molecule has 0 aromatic heterocycles. The summed E-state index contributed by atoms with van der Waals surface area (Å²) in [6.07, 6.45) is 0.777. The van der Waals surface area contributed by atoms with E-state index in [2.05, 4.69) is 36.6 Å². The van der Waals surface area contributed by atoms with Crippen LogP contribution in [0.1, 0.15) is 36.8 Å². The predicted octanol–water partition coefficient (Wildman–Crippen LogP) is -1.49. The summed E-state index contributed by atoms with van der Waals surface area (Å²) in [6, 6.07) is 14.7. The van der Waals surface area contributed by atoms with E-state index in [9.17, 15) is 29.1 Å². The summed E-state index contributed by atoms with van der Waals surface area (Å²) < 4.78 is 0. The Hall–Kier alpha value is -6.39. The van der Waals surface area contributed by atoms with Gasteiger partial charge in [0.25, 0.3) is 0 Å². The number of nitrogens with two attached hydrogens (primary N) is 4. The Morgan fingerprint density at radius 3 is 1.70 bits per heavy atom. The number of carbonyl (C=O) groups is 5. The van der Waals surface area contributed by atoms with Crippen LogP contribution in [0.4, 0.5) is 0 Å². The maximum atomic E-state index is 14.0. The minimum absolute atomic E-state index is 0.00627. The van der Waals surface area contributed by atoms with Crippen molar-refractivity contribution in [3.8, 4) is 5.75 Å². The fraction of sp³-hybridized carbons (Fsp3) is 0.361. The summed E-state index contributed by atoms with van der Waals surface area (Å²) in [6.45, 7) is -0.176. The first-order valence-corrected chi connectivity index (χ1v) is 17.2. The third-order valence-corrected chi connectivity index (χ3v) is 8.49. The van der Waals surface area contributed by atoms with Crippen LogP contribution >= 0.6 is 0 Å². The second-order valence-corrected chi connectivity index (χ2v) is 12.7. The van der Waals surface area contributed by atoms with Crippen LogP contribution in [-0.4, -0.2) is 90.4 Å². The molecule has 0 radical (unpaired) electrons. The molecule has 4 atom stereocenters. The largest absolute Gasteiger partial charge is 0.508 e. The fourth-order valence-electron chi connectivity index (χ4n) is 5.79. The van der Waals surface area contributed by atoms with Gasteiger partial charge in [-0.05, 0) is 59.7 Å². The van der Waals surface area contributed by atoms with E-state index in [0.717, 1.165) is 16.3 Å². The lowest BCUT2D eigenvalue weighted by atomic mass is 10.00. The first kappa shape index (κ1) is 39.4. The zero-order valence-corrected chi connectivity index (χ0v) is 29.2. The number of phenols is 1. The molecule has 5 amide bonds. The van der Waals surface area contributed by atoms with Crippen LogP contribution in [0.25, 0.3) is 10.8 Å². The Morgan fingerprint density at radius 1 is 0.604 bits per heavy atom. The van der Waals surface area contributed by atoms with Crippen molar-refractivity contribution in [1.82, 2.24) is 26.6 Å². The Kier molecular flexibility index (Phi) is 14.3. The van der Waals surface area contributed by atoms with Crippen LogP contribution in [-0.2, 0) is 36.8 Å². The van der Waals surface area contributed by atoms with Crippen LogP contribution in [0.2, 0.25) is 0 Å². The van der Waals surface area contributed by atoms with E-state index in [1.807, 2.05) is 42.5 Å². The first-order valence-electron chi connectivity index (χ1n) is 17.2. The number of phenolic OH excluding ortho intramolecular Hbond substituents is 1. The third-order valence-electron chi connectivity index (χ3n) is 8.49. The van der Waals surface area contributed by atoms with E-state index < -0.39 is 60.2 Å². The Balaban J connectivity index is 1.68. The monoisotopic (exact) mass is 729 g/mol. The molecule has 0 aliphatic carbocycles. The summed E-state index contributed by atoms with van der Waals surface area (Å²) in [4.78, 5) is 76.4. The van der Waals surface area contributed by atoms with Crippen molar-refractivity contribution in [2.75, 3.05) is 19.6 Å². The maximum absolute atomic E-state index is 14.0. The number of rotatable bonds is 12. The number of nitrogens with zero attached hydrogens (tertiary/aromatic N) is 2. The summed E-state index contributed by atoms with van der Waals surface area (Å²) in [5, 5.41) is 25.2. The lowest BCUT2D eigenvalue weighted by Gasteiger charge is -2.26. The Bertz CT molecular complexity index is 1820. The lowest BCUT2D eigenvalue weighted by molar-refractivity contribution is -0.134. The normalized spacial score (nSPS) is 20.0. The standard InChI is InChI=1S/C36H47N11O6/c37-35(38)41-15-3-7-26-31(50)43-20-30(49)44-28(19-22-9-12-23-5-1-2-6-24(23)17-22)33(52)46-27(8-4-16-42-36(39)40)32(51)47-29(34(53)45-26)18-21-10-13-25(48)14-11-21/h1-2,5-6,9-14,17,26-29,48H,3-4,7-8,15-16,18-20H2,(H,43,50)(H,44,49)(H,45,53)(H,46,52)(H,47,51)(H4,37,38,41)(H4,39,40,42)/t26-,27-,28-,29+/m1/s1. The van der Waals surface area contributed by atoms with Crippen LogP contribution in [0.15, 0.2) is 76.7 Å². The van der Waals surface area contributed by atoms with Gasteiger partial charge in [-0.25, -0.2) is 0 Å². The molecule has 1 heterocycles. The average molecular weight is 730 g/mol. The number of amides is 5. The molecule has 0 saturated carbocycles. The van der Waals surface area contributed by atoms with E-state index >= 15 is 0 Å². The van der Waals surface area contributed by atoms with E-state index in [1.165, 1.54) is 12.1 Å². The number of aromatic hydroxyl groups is 1. The van der Waals surface area contributed by atoms with Crippen molar-refractivity contribution in [2.45, 2.75) is 62.7 Å². The summed E-state index contributed by atoms with van der Waals surface area (Å²) >= 11 is 0. The highest BCUT2D eigenvalue weighted by atomic mass is 16.3. The van der Waals surface area contributed by atoms with Gasteiger partial charge in [0, 0.05) is 25.9 Å². The molecule has 53 heavy (non-hydrogen) atoms. The van der Waals surface area contributed by atoms with Crippen LogP contribution in [0.5, 0.6) is 5.75 Å². The Labute approximate surface area is 306 Å². The third kappa shape index (κ3) is 12.7. The van der Waals surface area contributed by atoms with Gasteiger partial charge in [0.05, 0.1) is 6.54 Å². The van der Waals surface area contributed by atoms with Gasteiger partial charge in [-0.2, -0.15) is 0 Å². The molecule has 1 aliphatic heterocycles. The maximum Gasteiger partial charge on any atom is 0.243 e. The van der Waals surface area contributed by atoms with Gasteiger partial charge in [-0.3, -0.25) is 34.0 Å². The zero-order valence-electron chi connectivity index (χ0n) is 29.2. The molecule has 3 aromatic rings. The molecule has 1 fully saturated rings. The highest BCUT2D eigenvalue weighted by molar-refractivity contribution is 5.97. The predicted molar refractivity (Wildman–Crippen MR) is 200 cm³/mol. The molecule has 3 aromatic carbocycles. The van der Waals surface area contributed by atoms with Crippen molar-refractivity contribution in [3.05, 3.63) is 77.9 Å². The molecule has 0 spiro atoms. The van der Waals surface area contributed by atoms with Crippen molar-refractivity contribution >= 4 is 52.2 Å². The van der Waals surface area contributed by atoms with E-state index in [-0.39, 0.29) is 62.9 Å². The summed E-state index contributed by atoms with van der Waals surface area (Å²) in [5.74, 6) is -3.66. The van der Waals surface area contributed by atoms with Crippen molar-refractivity contribution in [3.63, 3.8) is 0 Å². The first-order chi connectivity index (χ1) is 25.4. The van der Waals surface area contributed by atoms with Gasteiger partial charge in [0.15, 0.2) is 11.9 Å². The summed E-state index contributed by atoms with van der Waals surface area (Å²) in [7, 11) is 0. The zero-order chi connectivity index (χ0) is 38.3. The SMILES string of the molecule is NC(N)=NCCC[C@H]1NC(=O)[C@H](Cc2ccc(O)cc2)NC(=O)[C@@H](CCCN=C(N)N)NC(=O)[C@@H](Cc2ccc3ccccc3c2)NC(=O)CNC1=O. The minimum atomic E-state index is -1.23. The number of guanidine groups is 2. The van der Waals surface area contributed by atoms with Gasteiger partial charge in [0.2, 0.25) is 29.5 Å². The van der Waals surface area contributed by atoms with Gasteiger partial charge < -0.3 is 54.6 Å². The number of hydrogen-bond donors (Lipinski definition) is 10. The lowest BCUT2D eigenvalue weighted by Crippen LogP contribution is -2.58. The molecule has 17 heteroatoms. The van der Waals surface area contributed by atoms with Crippen LogP contribution in [0.3, 0.4) is 0 Å². The highest BCUT2D eigenvalue weighted by Gasteiger charge is 2.32. The van der Waals surface area contributed by atoms with Gasteiger partial charge >= 0.3 is 0 Å². The quantitative estimate of drug-likeness (QED) is 0.0585. The molecule has 0 unspecified atom stereocenters. The van der Waals surface area contributed by atoms with Crippen molar-refractivity contribution < 1.29 is 29.1 Å². The van der Waals surface area contributed by atoms with Gasteiger partial charge in [0.1, 0.15) is 29.9 Å². The molecule has 1 aliphatic rings. The molecular formula is C36H47N11O6. The topological polar surface area (TPSA) is 295 Å².